The van der Waals surface area contributed by atoms with Gasteiger partial charge in [0.2, 0.25) is 17.7 Å². The number of piperidine rings is 1. The van der Waals surface area contributed by atoms with Gasteiger partial charge < -0.3 is 29.7 Å². The number of pyridine rings is 1. The molecule has 2 aliphatic rings. The number of hydrogen-bond acceptors (Lipinski definition) is 7. The van der Waals surface area contributed by atoms with Gasteiger partial charge in [0.25, 0.3) is 0 Å². The standard InChI is InChI=1S/C34H50N4O6/c1-7-14-43-30-17-23(28-10-8-9-11-29(28)36-30)20-38(27-12-13-27)32(41)25-16-24(31(40)35-26(21-39)15-22(2)3)18-37(19-25)33(42)44-34(4,5)6/h8-11,17,22,24-27,39H,7,12-16,18-21H2,1-6H3,(H,35,40)/t24-,25+,26?/m0/s1. The molecule has 44 heavy (non-hydrogen) atoms. The van der Waals surface area contributed by atoms with Gasteiger partial charge in [0.1, 0.15) is 5.60 Å². The van der Waals surface area contributed by atoms with Crippen LogP contribution < -0.4 is 10.1 Å². The molecule has 2 N–H and O–H groups in total. The summed E-state index contributed by atoms with van der Waals surface area (Å²) in [5, 5.41) is 13.8. The quantitative estimate of drug-likeness (QED) is 0.350. The Morgan fingerprint density at radius 1 is 1.14 bits per heavy atom. The van der Waals surface area contributed by atoms with Gasteiger partial charge >= 0.3 is 6.09 Å². The predicted octanol–water partition coefficient (Wildman–Crippen LogP) is 4.91. The molecule has 242 valence electrons. The molecule has 0 spiro atoms. The number of likely N-dealkylation sites (tertiary alicyclic amines) is 1. The van der Waals surface area contributed by atoms with Gasteiger partial charge in [0, 0.05) is 37.1 Å². The van der Waals surface area contributed by atoms with Crippen LogP contribution in [0.2, 0.25) is 0 Å². The lowest BCUT2D eigenvalue weighted by Gasteiger charge is -2.39. The van der Waals surface area contributed by atoms with Gasteiger partial charge in [-0.3, -0.25) is 9.59 Å². The van der Waals surface area contributed by atoms with Crippen molar-refractivity contribution in [1.82, 2.24) is 20.1 Å². The first-order valence-electron chi connectivity index (χ1n) is 16.1. The van der Waals surface area contributed by atoms with Crippen LogP contribution in [0.1, 0.15) is 79.2 Å². The Morgan fingerprint density at radius 3 is 2.48 bits per heavy atom. The molecule has 1 saturated carbocycles. The smallest absolute Gasteiger partial charge is 0.410 e. The first kappa shape index (κ1) is 33.5. The molecule has 2 heterocycles. The minimum Gasteiger partial charge on any atom is -0.478 e. The number of fused-ring (bicyclic) bond motifs is 1. The molecule has 10 heteroatoms. The highest BCUT2D eigenvalue weighted by atomic mass is 16.6. The zero-order chi connectivity index (χ0) is 32.0. The number of nitrogens with one attached hydrogen (secondary N) is 1. The number of aliphatic hydroxyl groups is 1. The summed E-state index contributed by atoms with van der Waals surface area (Å²) in [5.74, 6) is -0.690. The number of amides is 3. The van der Waals surface area contributed by atoms with Crippen molar-refractivity contribution in [3.8, 4) is 5.88 Å². The largest absolute Gasteiger partial charge is 0.478 e. The Hall–Kier alpha value is -3.40. The number of ether oxygens (including phenoxy) is 2. The highest BCUT2D eigenvalue weighted by molar-refractivity contribution is 5.86. The van der Waals surface area contributed by atoms with E-state index in [2.05, 4.69) is 10.3 Å². The van der Waals surface area contributed by atoms with Gasteiger partial charge in [-0.2, -0.15) is 0 Å². The third-order valence-corrected chi connectivity index (χ3v) is 7.99. The van der Waals surface area contributed by atoms with E-state index in [1.165, 1.54) is 4.90 Å². The lowest BCUT2D eigenvalue weighted by atomic mass is 9.87. The number of para-hydroxylation sites is 1. The molecular weight excluding hydrogens is 560 g/mol. The fourth-order valence-electron chi connectivity index (χ4n) is 5.83. The Kier molecular flexibility index (Phi) is 11.1. The zero-order valence-electron chi connectivity index (χ0n) is 27.2. The van der Waals surface area contributed by atoms with Crippen LogP contribution in [0.15, 0.2) is 30.3 Å². The van der Waals surface area contributed by atoms with Crippen LogP contribution in [0.4, 0.5) is 4.79 Å². The average molecular weight is 611 g/mol. The Labute approximate surface area is 261 Å². The van der Waals surface area contributed by atoms with Crippen molar-refractivity contribution in [2.24, 2.45) is 17.8 Å². The summed E-state index contributed by atoms with van der Waals surface area (Å²) in [6, 6.07) is 9.50. The minimum absolute atomic E-state index is 0.0728. The summed E-state index contributed by atoms with van der Waals surface area (Å²) >= 11 is 0. The number of carbonyl (C=O) groups is 3. The van der Waals surface area contributed by atoms with E-state index >= 15 is 0 Å². The van der Waals surface area contributed by atoms with Gasteiger partial charge in [-0.1, -0.05) is 39.0 Å². The molecule has 3 atom stereocenters. The van der Waals surface area contributed by atoms with Crippen molar-refractivity contribution in [1.29, 1.82) is 0 Å². The molecule has 1 unspecified atom stereocenters. The molecule has 1 aromatic heterocycles. The van der Waals surface area contributed by atoms with E-state index in [0.717, 1.165) is 35.7 Å². The fourth-order valence-corrected chi connectivity index (χ4v) is 5.83. The molecule has 10 nitrogen and oxygen atoms in total. The van der Waals surface area contributed by atoms with E-state index in [0.29, 0.717) is 31.9 Å². The maximum atomic E-state index is 14.4. The minimum atomic E-state index is -0.717. The number of carbonyl (C=O) groups excluding carboxylic acids is 3. The van der Waals surface area contributed by atoms with Gasteiger partial charge in [-0.05, 0) is 70.4 Å². The molecule has 1 saturated heterocycles. The molecular formula is C34H50N4O6. The third kappa shape index (κ3) is 9.06. The van der Waals surface area contributed by atoms with Crippen molar-refractivity contribution in [2.45, 2.75) is 97.9 Å². The highest BCUT2D eigenvalue weighted by Gasteiger charge is 2.43. The number of aromatic nitrogens is 1. The summed E-state index contributed by atoms with van der Waals surface area (Å²) < 4.78 is 11.6. The van der Waals surface area contributed by atoms with Crippen molar-refractivity contribution in [3.63, 3.8) is 0 Å². The summed E-state index contributed by atoms with van der Waals surface area (Å²) in [5.41, 5.74) is 1.05. The second-order valence-electron chi connectivity index (χ2n) is 13.7. The van der Waals surface area contributed by atoms with E-state index < -0.39 is 23.5 Å². The molecule has 2 aromatic rings. The topological polar surface area (TPSA) is 121 Å². The van der Waals surface area contributed by atoms with Crippen LogP contribution >= 0.6 is 0 Å². The van der Waals surface area contributed by atoms with E-state index in [1.54, 1.807) is 20.8 Å². The van der Waals surface area contributed by atoms with Crippen molar-refractivity contribution in [2.75, 3.05) is 26.3 Å². The maximum Gasteiger partial charge on any atom is 0.410 e. The molecule has 0 radical (unpaired) electrons. The van der Waals surface area contributed by atoms with Crippen molar-refractivity contribution < 1.29 is 29.0 Å². The molecule has 0 bridgehead atoms. The van der Waals surface area contributed by atoms with Crippen LogP contribution in [0.25, 0.3) is 10.9 Å². The average Bonchev–Trinajstić information content (AvgIpc) is 3.82. The van der Waals surface area contributed by atoms with Crippen LogP contribution in [-0.4, -0.2) is 81.8 Å². The Bertz CT molecular complexity index is 1300. The zero-order valence-corrected chi connectivity index (χ0v) is 27.2. The van der Waals surface area contributed by atoms with E-state index in [1.807, 2.05) is 56.0 Å². The molecule has 3 amide bonds. The van der Waals surface area contributed by atoms with Crippen molar-refractivity contribution in [3.05, 3.63) is 35.9 Å². The summed E-state index contributed by atoms with van der Waals surface area (Å²) in [7, 11) is 0. The summed E-state index contributed by atoms with van der Waals surface area (Å²) in [6.07, 6.45) is 3.09. The van der Waals surface area contributed by atoms with Crippen LogP contribution in [0.5, 0.6) is 5.88 Å². The predicted molar refractivity (Wildman–Crippen MR) is 169 cm³/mol. The monoisotopic (exact) mass is 610 g/mol. The fraction of sp³-hybridized carbons (Fsp3) is 0.647. The SMILES string of the molecule is CCCOc1cc(CN(C(=O)[C@@H]2C[C@H](C(=O)NC(CO)CC(C)C)CN(C(=O)OC(C)(C)C)C2)C2CC2)c2ccccc2n1. The molecule has 2 fully saturated rings. The third-order valence-electron chi connectivity index (χ3n) is 7.99. The number of rotatable bonds is 12. The van der Waals surface area contributed by atoms with Gasteiger partial charge in [-0.25, -0.2) is 9.78 Å². The van der Waals surface area contributed by atoms with E-state index in [9.17, 15) is 19.5 Å². The highest BCUT2D eigenvalue weighted by Crippen LogP contribution is 2.35. The number of nitrogens with zero attached hydrogens (tertiary/aromatic N) is 3. The number of hydrogen-bond donors (Lipinski definition) is 2. The van der Waals surface area contributed by atoms with Gasteiger partial charge in [-0.15, -0.1) is 0 Å². The first-order valence-corrected chi connectivity index (χ1v) is 16.1. The van der Waals surface area contributed by atoms with Crippen LogP contribution in [0.3, 0.4) is 0 Å². The van der Waals surface area contributed by atoms with Gasteiger partial charge in [0.05, 0.1) is 36.6 Å². The lowest BCUT2D eigenvalue weighted by Crippen LogP contribution is -2.54. The normalized spacial score (nSPS) is 19.5. The second-order valence-corrected chi connectivity index (χ2v) is 13.7. The molecule has 4 rings (SSSR count). The first-order chi connectivity index (χ1) is 20.9. The van der Waals surface area contributed by atoms with Crippen LogP contribution in [0, 0.1) is 17.8 Å². The Morgan fingerprint density at radius 2 is 1.84 bits per heavy atom. The van der Waals surface area contributed by atoms with E-state index in [4.69, 9.17) is 9.47 Å². The summed E-state index contributed by atoms with van der Waals surface area (Å²) in [6.45, 7) is 12.6. The van der Waals surface area contributed by atoms with Crippen molar-refractivity contribution >= 4 is 28.8 Å². The van der Waals surface area contributed by atoms with Crippen LogP contribution in [-0.2, 0) is 20.9 Å². The number of benzene rings is 1. The molecule has 1 aliphatic heterocycles. The van der Waals surface area contributed by atoms with Gasteiger partial charge in [0.15, 0.2) is 0 Å². The number of aliphatic hydroxyl groups excluding tert-OH is 1. The Balaban J connectivity index is 1.60. The van der Waals surface area contributed by atoms with E-state index in [-0.39, 0.29) is 49.5 Å². The summed E-state index contributed by atoms with van der Waals surface area (Å²) in [4.78, 5) is 49.2. The lowest BCUT2D eigenvalue weighted by molar-refractivity contribution is -0.140. The second kappa shape index (κ2) is 14.6. The molecule has 1 aromatic carbocycles. The molecule has 1 aliphatic carbocycles. The maximum absolute atomic E-state index is 14.4.